The maximum absolute atomic E-state index is 10.9. The number of aryl methyl sites for hydroxylation is 1. The molecule has 1 saturated heterocycles. The largest absolute Gasteiger partial charge is 0.390 e. The Kier molecular flexibility index (Phi) is 4.23. The lowest BCUT2D eigenvalue weighted by Crippen LogP contribution is -2.42. The highest BCUT2D eigenvalue weighted by atomic mass is 16.5. The van der Waals surface area contributed by atoms with Crippen LogP contribution in [0, 0.1) is 12.3 Å². The summed E-state index contributed by atoms with van der Waals surface area (Å²) in [6, 6.07) is 12.0. The predicted octanol–water partition coefficient (Wildman–Crippen LogP) is 2.94. The summed E-state index contributed by atoms with van der Waals surface area (Å²) in [6.45, 7) is 2.41. The molecule has 1 spiro atoms. The fourth-order valence-electron chi connectivity index (χ4n) is 5.02. The van der Waals surface area contributed by atoms with Crippen LogP contribution in [0.3, 0.4) is 0 Å². The zero-order valence-electron chi connectivity index (χ0n) is 15.9. The average Bonchev–Trinajstić information content (AvgIpc) is 3.26. The molecule has 146 valence electrons. The topological polar surface area (TPSA) is 80.4 Å². The van der Waals surface area contributed by atoms with Crippen molar-refractivity contribution in [1.82, 2.24) is 14.5 Å². The Labute approximate surface area is 163 Å². The molecule has 5 unspecified atom stereocenters. The van der Waals surface area contributed by atoms with E-state index in [1.54, 1.807) is 6.33 Å². The van der Waals surface area contributed by atoms with Crippen LogP contribution >= 0.6 is 0 Å². The molecule has 5 rings (SSSR count). The van der Waals surface area contributed by atoms with E-state index < -0.39 is 17.6 Å². The molecular formula is C22H25N3O3. The second kappa shape index (κ2) is 6.65. The molecule has 2 N–H and O–H groups in total. The second-order valence-corrected chi connectivity index (χ2v) is 8.24. The van der Waals surface area contributed by atoms with Gasteiger partial charge in [0.25, 0.3) is 0 Å². The van der Waals surface area contributed by atoms with Crippen molar-refractivity contribution in [3.05, 3.63) is 60.2 Å². The van der Waals surface area contributed by atoms with Crippen molar-refractivity contribution in [2.24, 2.45) is 5.41 Å². The molecule has 2 aromatic heterocycles. The molecule has 0 radical (unpaired) electrons. The number of hydrogen-bond donors (Lipinski definition) is 2. The van der Waals surface area contributed by atoms with E-state index in [0.29, 0.717) is 13.0 Å². The Hall–Kier alpha value is -2.28. The first-order valence-electron chi connectivity index (χ1n) is 9.90. The van der Waals surface area contributed by atoms with Gasteiger partial charge in [0.1, 0.15) is 18.1 Å². The number of nitrogens with zero attached hydrogens (tertiary/aromatic N) is 3. The third kappa shape index (κ3) is 2.67. The molecule has 5 atom stereocenters. The highest BCUT2D eigenvalue weighted by molar-refractivity contribution is 5.78. The lowest BCUT2D eigenvalue weighted by molar-refractivity contribution is -0.120. The maximum Gasteiger partial charge on any atom is 0.143 e. The van der Waals surface area contributed by atoms with Crippen molar-refractivity contribution in [3.8, 4) is 0 Å². The molecule has 0 bridgehead atoms. The first kappa shape index (κ1) is 17.8. The van der Waals surface area contributed by atoms with Crippen LogP contribution in [0.5, 0.6) is 0 Å². The quantitative estimate of drug-likeness (QED) is 0.716. The van der Waals surface area contributed by atoms with E-state index in [9.17, 15) is 10.2 Å². The number of aliphatic hydroxyl groups excluding tert-OH is 2. The maximum atomic E-state index is 10.9. The third-order valence-electron chi connectivity index (χ3n) is 6.67. The molecule has 1 saturated carbocycles. The summed E-state index contributed by atoms with van der Waals surface area (Å²) in [6.07, 6.45) is 4.24. The van der Waals surface area contributed by atoms with Crippen LogP contribution < -0.4 is 0 Å². The number of fused-ring (bicyclic) bond motifs is 1. The van der Waals surface area contributed by atoms with E-state index in [-0.39, 0.29) is 12.1 Å². The Balaban J connectivity index is 1.40. The average molecular weight is 379 g/mol. The van der Waals surface area contributed by atoms with Crippen molar-refractivity contribution in [1.29, 1.82) is 0 Å². The monoisotopic (exact) mass is 379 g/mol. The first-order valence-corrected chi connectivity index (χ1v) is 9.90. The Morgan fingerprint density at radius 1 is 1.14 bits per heavy atom. The van der Waals surface area contributed by atoms with Gasteiger partial charge in [-0.25, -0.2) is 9.97 Å². The van der Waals surface area contributed by atoms with Gasteiger partial charge in [0.15, 0.2) is 0 Å². The highest BCUT2D eigenvalue weighted by Gasteiger charge is 2.55. The lowest BCUT2D eigenvalue weighted by Gasteiger charge is -2.40. The number of aromatic nitrogens is 3. The van der Waals surface area contributed by atoms with Gasteiger partial charge in [-0.05, 0) is 37.8 Å². The van der Waals surface area contributed by atoms with E-state index in [2.05, 4.69) is 22.1 Å². The van der Waals surface area contributed by atoms with Crippen LogP contribution in [-0.2, 0) is 4.74 Å². The first-order chi connectivity index (χ1) is 13.6. The summed E-state index contributed by atoms with van der Waals surface area (Å²) < 4.78 is 8.18. The van der Waals surface area contributed by atoms with Gasteiger partial charge < -0.3 is 19.5 Å². The summed E-state index contributed by atoms with van der Waals surface area (Å²) in [5.74, 6) is 0. The minimum absolute atomic E-state index is 0.0537. The molecule has 0 amide bonds. The molecule has 2 fully saturated rings. The summed E-state index contributed by atoms with van der Waals surface area (Å²) in [4.78, 5) is 8.66. The van der Waals surface area contributed by atoms with Gasteiger partial charge in [-0.1, -0.05) is 30.3 Å². The number of hydrogen-bond acceptors (Lipinski definition) is 5. The molecule has 1 aromatic carbocycles. The summed E-state index contributed by atoms with van der Waals surface area (Å²) in [7, 11) is 0. The van der Waals surface area contributed by atoms with Gasteiger partial charge in [0.05, 0.1) is 30.6 Å². The van der Waals surface area contributed by atoms with Gasteiger partial charge in [0.2, 0.25) is 0 Å². The van der Waals surface area contributed by atoms with Gasteiger partial charge in [-0.15, -0.1) is 0 Å². The van der Waals surface area contributed by atoms with Crippen molar-refractivity contribution >= 4 is 11.0 Å². The highest BCUT2D eigenvalue weighted by Crippen LogP contribution is 2.52. The van der Waals surface area contributed by atoms with E-state index in [1.165, 1.54) is 5.56 Å². The van der Waals surface area contributed by atoms with Crippen LogP contribution in [0.4, 0.5) is 0 Å². The Morgan fingerprint density at radius 3 is 2.71 bits per heavy atom. The number of benzene rings is 1. The zero-order valence-corrected chi connectivity index (χ0v) is 15.9. The Morgan fingerprint density at radius 2 is 1.96 bits per heavy atom. The van der Waals surface area contributed by atoms with E-state index >= 15 is 0 Å². The summed E-state index contributed by atoms with van der Waals surface area (Å²) in [5.41, 5.74) is 2.47. The van der Waals surface area contributed by atoms with Crippen molar-refractivity contribution < 1.29 is 14.9 Å². The zero-order chi connectivity index (χ0) is 19.3. The molecule has 1 aliphatic carbocycles. The van der Waals surface area contributed by atoms with Crippen molar-refractivity contribution in [2.75, 3.05) is 6.61 Å². The molecule has 3 heterocycles. The summed E-state index contributed by atoms with van der Waals surface area (Å²) in [5, 5.41) is 22.8. The van der Waals surface area contributed by atoms with Crippen molar-refractivity contribution in [3.63, 3.8) is 0 Å². The van der Waals surface area contributed by atoms with Crippen LogP contribution in [0.25, 0.3) is 11.0 Å². The molecule has 2 aliphatic rings. The fourth-order valence-corrected chi connectivity index (χ4v) is 5.02. The number of aliphatic hydroxyl groups is 2. The molecule has 28 heavy (non-hydrogen) atoms. The van der Waals surface area contributed by atoms with Gasteiger partial charge in [-0.3, -0.25) is 0 Å². The molecule has 6 heteroatoms. The SMILES string of the molecule is Cc1ncnc2c1ccn2C1CC2(CCC(c3ccccc3)OC2)C(O)C1O. The standard InChI is InChI=1S/C22H25N3O3/c1-14-16-8-10-25(21(16)24-13-23-14)17-11-22(20(27)19(17)26)9-7-18(28-12-22)15-5-3-2-4-6-15/h2-6,8,10,13,17-20,26-27H,7,9,11-12H2,1H3. The van der Waals surface area contributed by atoms with Crippen LogP contribution in [0.1, 0.15) is 42.7 Å². The van der Waals surface area contributed by atoms with E-state index in [1.807, 2.05) is 42.0 Å². The molecule has 6 nitrogen and oxygen atoms in total. The van der Waals surface area contributed by atoms with Gasteiger partial charge >= 0.3 is 0 Å². The van der Waals surface area contributed by atoms with Crippen LogP contribution in [0.2, 0.25) is 0 Å². The van der Waals surface area contributed by atoms with E-state index in [4.69, 9.17) is 4.74 Å². The van der Waals surface area contributed by atoms with Crippen molar-refractivity contribution in [2.45, 2.75) is 50.5 Å². The fraction of sp³-hybridized carbons (Fsp3) is 0.455. The van der Waals surface area contributed by atoms with E-state index in [0.717, 1.165) is 29.6 Å². The predicted molar refractivity (Wildman–Crippen MR) is 105 cm³/mol. The van der Waals surface area contributed by atoms with Gasteiger partial charge in [0, 0.05) is 17.0 Å². The summed E-state index contributed by atoms with van der Waals surface area (Å²) >= 11 is 0. The smallest absolute Gasteiger partial charge is 0.143 e. The molecule has 1 aliphatic heterocycles. The lowest BCUT2D eigenvalue weighted by atomic mass is 9.77. The number of ether oxygens (including phenoxy) is 1. The second-order valence-electron chi connectivity index (χ2n) is 8.24. The van der Waals surface area contributed by atoms with Crippen LogP contribution in [-0.4, -0.2) is 43.6 Å². The molecule has 3 aromatic rings. The van der Waals surface area contributed by atoms with Gasteiger partial charge in [-0.2, -0.15) is 0 Å². The number of rotatable bonds is 2. The van der Waals surface area contributed by atoms with Crippen LogP contribution in [0.15, 0.2) is 48.9 Å². The minimum atomic E-state index is -0.845. The molecular weight excluding hydrogens is 354 g/mol. The minimum Gasteiger partial charge on any atom is -0.390 e. The normalized spacial score (nSPS) is 33.0. The third-order valence-corrected chi connectivity index (χ3v) is 6.67. The Bertz CT molecular complexity index is 979.